The van der Waals surface area contributed by atoms with Crippen LogP contribution in [0.2, 0.25) is 0 Å². The van der Waals surface area contributed by atoms with E-state index < -0.39 is 70.8 Å². The fourth-order valence-corrected chi connectivity index (χ4v) is 7.39. The number of hydrogen-bond donors (Lipinski definition) is 3. The summed E-state index contributed by atoms with van der Waals surface area (Å²) in [7, 11) is 0. The maximum absolute atomic E-state index is 15.0. The summed E-state index contributed by atoms with van der Waals surface area (Å²) in [5.74, 6) is -1.74. The summed E-state index contributed by atoms with van der Waals surface area (Å²) in [5.41, 5.74) is 2.34. The Morgan fingerprint density at radius 1 is 0.646 bits per heavy atom. The van der Waals surface area contributed by atoms with Gasteiger partial charge in [0.1, 0.15) is 46.7 Å². The number of ether oxygens (including phenoxy) is 3. The molecule has 65 heavy (non-hydrogen) atoms. The van der Waals surface area contributed by atoms with E-state index in [1.165, 1.54) is 4.90 Å². The molecule has 1 aliphatic rings. The Balaban J connectivity index is 1.47. The first-order valence-corrected chi connectivity index (χ1v) is 22.2. The number of nitrogens with zero attached hydrogens (tertiary/aromatic N) is 2. The molecule has 4 aromatic rings. The first kappa shape index (κ1) is 49.6. The molecule has 1 heterocycles. The molecule has 3 N–H and O–H groups in total. The SMILES string of the molecule is CC(C)(C)OC(=O)N[C@@H](Cc1ccc(OC(C)(C)C)cc1)C(=O)N1Cc2ccccc2C[C@H]1C(=O)N[C@@H](Cc1ccccc1)C(=O)N[C@@H](Cc1ccc(N=C=S)cc1)C(=O)OC(C)(C)C. The molecule has 0 bridgehead atoms. The highest BCUT2D eigenvalue weighted by Crippen LogP contribution is 2.27. The lowest BCUT2D eigenvalue weighted by Gasteiger charge is -2.38. The largest absolute Gasteiger partial charge is 0.488 e. The molecule has 4 amide bonds. The minimum Gasteiger partial charge on any atom is -0.488 e. The number of benzene rings is 4. The van der Waals surface area contributed by atoms with Crippen molar-refractivity contribution in [3.05, 3.63) is 131 Å². The van der Waals surface area contributed by atoms with Gasteiger partial charge in [0.15, 0.2) is 0 Å². The van der Waals surface area contributed by atoms with Crippen molar-refractivity contribution in [2.75, 3.05) is 0 Å². The molecule has 0 spiro atoms. The molecule has 0 saturated carbocycles. The second-order valence-corrected chi connectivity index (χ2v) is 19.3. The van der Waals surface area contributed by atoms with Crippen LogP contribution >= 0.6 is 12.2 Å². The van der Waals surface area contributed by atoms with Gasteiger partial charge in [0.05, 0.1) is 10.8 Å². The van der Waals surface area contributed by atoms with Crippen molar-refractivity contribution in [1.82, 2.24) is 20.9 Å². The summed E-state index contributed by atoms with van der Waals surface area (Å²) in [6.45, 7) is 16.3. The van der Waals surface area contributed by atoms with Crippen molar-refractivity contribution in [2.45, 2.75) is 136 Å². The van der Waals surface area contributed by atoms with E-state index in [9.17, 15) is 24.0 Å². The zero-order valence-corrected chi connectivity index (χ0v) is 39.5. The molecule has 0 aromatic heterocycles. The second-order valence-electron chi connectivity index (χ2n) is 19.1. The first-order valence-electron chi connectivity index (χ1n) is 21.7. The zero-order valence-electron chi connectivity index (χ0n) is 38.7. The Bertz CT molecular complexity index is 2350. The number of nitrogens with one attached hydrogen (secondary N) is 3. The predicted molar refractivity (Wildman–Crippen MR) is 253 cm³/mol. The molecule has 4 atom stereocenters. The van der Waals surface area contributed by atoms with Gasteiger partial charge in [-0.15, -0.1) is 0 Å². The quantitative estimate of drug-likeness (QED) is 0.0614. The van der Waals surface area contributed by atoms with Gasteiger partial charge in [-0.1, -0.05) is 78.9 Å². The molecule has 5 rings (SSSR count). The van der Waals surface area contributed by atoms with E-state index >= 15 is 0 Å². The van der Waals surface area contributed by atoms with Crippen LogP contribution in [0, 0.1) is 0 Å². The van der Waals surface area contributed by atoms with E-state index in [1.807, 2.05) is 99.6 Å². The van der Waals surface area contributed by atoms with Crippen LogP contribution in [-0.2, 0) is 60.9 Å². The van der Waals surface area contributed by atoms with Crippen LogP contribution < -0.4 is 20.7 Å². The third-order valence-electron chi connectivity index (χ3n) is 10.1. The van der Waals surface area contributed by atoms with Crippen LogP contribution in [0.1, 0.15) is 90.1 Å². The van der Waals surface area contributed by atoms with Crippen molar-refractivity contribution < 1.29 is 38.2 Å². The number of fused-ring (bicyclic) bond motifs is 1. The van der Waals surface area contributed by atoms with E-state index in [0.29, 0.717) is 17.0 Å². The lowest BCUT2D eigenvalue weighted by atomic mass is 9.91. The van der Waals surface area contributed by atoms with E-state index in [-0.39, 0.29) is 32.2 Å². The van der Waals surface area contributed by atoms with E-state index in [2.05, 4.69) is 26.1 Å². The van der Waals surface area contributed by atoms with Gasteiger partial charge in [-0.2, -0.15) is 4.99 Å². The molecular weight excluding hydrogens is 843 g/mol. The maximum atomic E-state index is 15.0. The molecule has 0 saturated heterocycles. The average molecular weight is 904 g/mol. The van der Waals surface area contributed by atoms with Gasteiger partial charge in [-0.3, -0.25) is 14.4 Å². The van der Waals surface area contributed by atoms with Crippen molar-refractivity contribution in [3.63, 3.8) is 0 Å². The standard InChI is InChI=1S/C51H61N5O8S/c1-49(2,3)62-39-25-21-35(22-26-39)28-41(55-48(61)64-51(7,8)9)46(59)56-31-37-18-14-13-17-36(37)30-43(56)45(58)53-40(27-33-15-11-10-12-16-33)44(57)54-42(47(60)63-50(4,5)6)29-34-19-23-38(24-20-34)52-32-65/h10-26,40-43H,27-31H2,1-9H3,(H,53,58)(H,54,57)(H,55,61)/t40-,41-,42-,43-/m0/s1. The van der Waals surface area contributed by atoms with Gasteiger partial charge < -0.3 is 35.1 Å². The van der Waals surface area contributed by atoms with Crippen LogP contribution in [0.5, 0.6) is 5.75 Å². The van der Waals surface area contributed by atoms with Gasteiger partial charge in [0, 0.05) is 32.2 Å². The third-order valence-corrected chi connectivity index (χ3v) is 10.2. The zero-order chi connectivity index (χ0) is 47.5. The molecule has 344 valence electrons. The molecule has 14 heteroatoms. The predicted octanol–water partition coefficient (Wildman–Crippen LogP) is 7.78. The smallest absolute Gasteiger partial charge is 0.408 e. The van der Waals surface area contributed by atoms with Crippen LogP contribution in [0.15, 0.2) is 108 Å². The summed E-state index contributed by atoms with van der Waals surface area (Å²) in [4.78, 5) is 76.8. The van der Waals surface area contributed by atoms with Crippen LogP contribution in [0.4, 0.5) is 10.5 Å². The van der Waals surface area contributed by atoms with E-state index in [0.717, 1.165) is 22.3 Å². The number of carbonyl (C=O) groups is 5. The number of thiocarbonyl (C=S) groups is 1. The summed E-state index contributed by atoms with van der Waals surface area (Å²) >= 11 is 4.73. The van der Waals surface area contributed by atoms with Gasteiger partial charge >= 0.3 is 12.1 Å². The minimum absolute atomic E-state index is 0.0583. The molecule has 1 aliphatic heterocycles. The van der Waals surface area contributed by atoms with Gasteiger partial charge in [0.2, 0.25) is 17.7 Å². The fourth-order valence-electron chi connectivity index (χ4n) is 7.28. The summed E-state index contributed by atoms with van der Waals surface area (Å²) < 4.78 is 17.4. The lowest BCUT2D eigenvalue weighted by Crippen LogP contribution is -2.61. The van der Waals surface area contributed by atoms with E-state index in [1.54, 1.807) is 65.8 Å². The van der Waals surface area contributed by atoms with Gasteiger partial charge in [-0.05, 0) is 127 Å². The Morgan fingerprint density at radius 3 is 1.77 bits per heavy atom. The van der Waals surface area contributed by atoms with Crippen molar-refractivity contribution in [1.29, 1.82) is 0 Å². The Kier molecular flexibility index (Phi) is 16.5. The molecule has 0 fully saturated rings. The van der Waals surface area contributed by atoms with Crippen LogP contribution in [-0.4, -0.2) is 80.8 Å². The Morgan fingerprint density at radius 2 is 1.18 bits per heavy atom. The van der Waals surface area contributed by atoms with Gasteiger partial charge in [-0.25, -0.2) is 9.59 Å². The number of isothiocyanates is 1. The topological polar surface area (TPSA) is 165 Å². The van der Waals surface area contributed by atoms with Crippen molar-refractivity contribution in [2.24, 2.45) is 4.99 Å². The molecule has 13 nitrogen and oxygen atoms in total. The molecule has 0 radical (unpaired) electrons. The highest BCUT2D eigenvalue weighted by atomic mass is 32.1. The third kappa shape index (κ3) is 15.7. The second kappa shape index (κ2) is 21.5. The van der Waals surface area contributed by atoms with Crippen LogP contribution in [0.3, 0.4) is 0 Å². The number of alkyl carbamates (subject to hydrolysis) is 1. The molecular formula is C51H61N5O8S. The van der Waals surface area contributed by atoms with E-state index in [4.69, 9.17) is 26.4 Å². The normalized spacial score (nSPS) is 15.2. The van der Waals surface area contributed by atoms with Gasteiger partial charge in [0.25, 0.3) is 0 Å². The molecule has 4 aromatic carbocycles. The summed E-state index contributed by atoms with van der Waals surface area (Å²) in [5, 5.41) is 11.0. The number of hydrogen-bond acceptors (Lipinski definition) is 10. The number of carbonyl (C=O) groups excluding carboxylic acids is 5. The fraction of sp³-hybridized carbons (Fsp3) is 0.412. The average Bonchev–Trinajstić information content (AvgIpc) is 3.22. The summed E-state index contributed by atoms with van der Waals surface area (Å²) in [6, 6.07) is 26.4. The summed E-state index contributed by atoms with van der Waals surface area (Å²) in [6.07, 6.45) is -0.434. The number of esters is 1. The van der Waals surface area contributed by atoms with Crippen molar-refractivity contribution >= 4 is 52.9 Å². The first-order chi connectivity index (χ1) is 30.6. The lowest BCUT2D eigenvalue weighted by molar-refractivity contribution is -0.158. The molecule has 0 aliphatic carbocycles. The Labute approximate surface area is 387 Å². The molecule has 0 unspecified atom stereocenters. The number of rotatable bonds is 15. The van der Waals surface area contributed by atoms with Crippen molar-refractivity contribution in [3.8, 4) is 5.75 Å². The minimum atomic E-state index is -1.19. The monoisotopic (exact) mass is 903 g/mol. The number of amides is 4. The Hall–Kier alpha value is -6.37. The van der Waals surface area contributed by atoms with Crippen LogP contribution in [0.25, 0.3) is 0 Å². The highest BCUT2D eigenvalue weighted by Gasteiger charge is 2.40. The maximum Gasteiger partial charge on any atom is 0.408 e. The highest BCUT2D eigenvalue weighted by molar-refractivity contribution is 7.78. The number of aliphatic imine (C=N–C) groups is 1.